The van der Waals surface area contributed by atoms with Crippen molar-refractivity contribution in [1.29, 1.82) is 0 Å². The highest BCUT2D eigenvalue weighted by Crippen LogP contribution is 2.16. The van der Waals surface area contributed by atoms with E-state index in [1.54, 1.807) is 48.4 Å². The topological polar surface area (TPSA) is 81.1 Å². The van der Waals surface area contributed by atoms with E-state index in [9.17, 15) is 13.2 Å². The van der Waals surface area contributed by atoms with E-state index in [2.05, 4.69) is 10.3 Å². The number of carbonyl (C=O) groups is 1. The molecular formula is C15H19N3O3S. The first-order valence-electron chi connectivity index (χ1n) is 7.05. The van der Waals surface area contributed by atoms with Crippen molar-refractivity contribution in [1.82, 2.24) is 9.55 Å². The van der Waals surface area contributed by atoms with E-state index >= 15 is 0 Å². The number of hydrogen-bond donors (Lipinski definition) is 1. The van der Waals surface area contributed by atoms with Crippen LogP contribution in [0.2, 0.25) is 0 Å². The predicted molar refractivity (Wildman–Crippen MR) is 85.7 cm³/mol. The van der Waals surface area contributed by atoms with Crippen LogP contribution in [0.15, 0.2) is 43.0 Å². The summed E-state index contributed by atoms with van der Waals surface area (Å²) in [5, 5.41) is 1.59. The number of carbonyl (C=O) groups excluding carboxylic acids is 1. The number of aromatic nitrogens is 2. The van der Waals surface area contributed by atoms with Gasteiger partial charge in [-0.25, -0.2) is 13.4 Å². The van der Waals surface area contributed by atoms with Crippen LogP contribution in [-0.4, -0.2) is 34.9 Å². The molecule has 0 saturated carbocycles. The molecule has 2 rings (SSSR count). The quantitative estimate of drug-likeness (QED) is 0.882. The lowest BCUT2D eigenvalue weighted by Gasteiger charge is -2.13. The summed E-state index contributed by atoms with van der Waals surface area (Å²) in [7, 11) is -3.41. The summed E-state index contributed by atoms with van der Waals surface area (Å²) in [6, 6.07) is 7.14. The van der Waals surface area contributed by atoms with Crippen LogP contribution in [0.3, 0.4) is 0 Å². The predicted octanol–water partition coefficient (Wildman–Crippen LogP) is 2.02. The van der Waals surface area contributed by atoms with Crippen LogP contribution in [0.1, 0.15) is 20.3 Å². The monoisotopic (exact) mass is 321 g/mol. The van der Waals surface area contributed by atoms with Crippen LogP contribution >= 0.6 is 0 Å². The number of anilines is 1. The number of imidazole rings is 1. The Kier molecular flexibility index (Phi) is 4.97. The molecule has 1 atom stereocenters. The average molecular weight is 321 g/mol. The molecule has 118 valence electrons. The standard InChI is InChI=1S/C15H19N3O3S/c1-3-9-22(20,21)12(2)15(19)17-13-5-4-6-14(10-13)18-8-7-16-11-18/h4-8,10-12H,3,9H2,1-2H3,(H,17,19)/t12-/m0/s1. The highest BCUT2D eigenvalue weighted by molar-refractivity contribution is 7.92. The van der Waals surface area contributed by atoms with E-state index < -0.39 is 21.0 Å². The first-order valence-corrected chi connectivity index (χ1v) is 8.76. The second-order valence-corrected chi connectivity index (χ2v) is 7.46. The molecule has 1 amide bonds. The fraction of sp³-hybridized carbons (Fsp3) is 0.333. The zero-order valence-electron chi connectivity index (χ0n) is 12.6. The number of sulfone groups is 1. The van der Waals surface area contributed by atoms with Crippen molar-refractivity contribution in [3.8, 4) is 5.69 Å². The van der Waals surface area contributed by atoms with Crippen LogP contribution in [0.5, 0.6) is 0 Å². The maximum atomic E-state index is 12.1. The van der Waals surface area contributed by atoms with Gasteiger partial charge in [0.25, 0.3) is 0 Å². The van der Waals surface area contributed by atoms with Gasteiger partial charge in [0, 0.05) is 23.8 Å². The van der Waals surface area contributed by atoms with Gasteiger partial charge in [0.2, 0.25) is 5.91 Å². The molecule has 0 bridgehead atoms. The van der Waals surface area contributed by atoms with Gasteiger partial charge in [-0.3, -0.25) is 4.79 Å². The summed E-state index contributed by atoms with van der Waals surface area (Å²) in [5.74, 6) is -0.507. The van der Waals surface area contributed by atoms with Gasteiger partial charge in [-0.1, -0.05) is 13.0 Å². The van der Waals surface area contributed by atoms with Gasteiger partial charge in [0.05, 0.1) is 12.1 Å². The van der Waals surface area contributed by atoms with Gasteiger partial charge < -0.3 is 9.88 Å². The summed E-state index contributed by atoms with van der Waals surface area (Å²) in [4.78, 5) is 16.1. The SMILES string of the molecule is CCCS(=O)(=O)[C@@H](C)C(=O)Nc1cccc(-n2ccnc2)c1. The fourth-order valence-electron chi connectivity index (χ4n) is 2.02. The van der Waals surface area contributed by atoms with Gasteiger partial charge in [-0.05, 0) is 31.5 Å². The molecule has 0 aliphatic rings. The fourth-order valence-corrected chi connectivity index (χ4v) is 3.33. The Hall–Kier alpha value is -2.15. The molecule has 0 unspecified atom stereocenters. The van der Waals surface area contributed by atoms with Crippen molar-refractivity contribution in [2.45, 2.75) is 25.5 Å². The Morgan fingerprint density at radius 3 is 2.82 bits per heavy atom. The van der Waals surface area contributed by atoms with Crippen LogP contribution in [0.4, 0.5) is 5.69 Å². The highest BCUT2D eigenvalue weighted by Gasteiger charge is 2.27. The van der Waals surface area contributed by atoms with Gasteiger partial charge in [-0.15, -0.1) is 0 Å². The molecule has 0 spiro atoms. The zero-order valence-corrected chi connectivity index (χ0v) is 13.4. The number of rotatable bonds is 6. The number of nitrogens with zero attached hydrogens (tertiary/aromatic N) is 2. The van der Waals surface area contributed by atoms with Crippen molar-refractivity contribution in [3.63, 3.8) is 0 Å². The molecule has 0 saturated heterocycles. The number of nitrogens with one attached hydrogen (secondary N) is 1. The minimum absolute atomic E-state index is 0.0106. The minimum atomic E-state index is -3.41. The van der Waals surface area contributed by atoms with Crippen molar-refractivity contribution >= 4 is 21.4 Å². The van der Waals surface area contributed by atoms with Crippen molar-refractivity contribution in [3.05, 3.63) is 43.0 Å². The van der Waals surface area contributed by atoms with E-state index in [-0.39, 0.29) is 5.75 Å². The Morgan fingerprint density at radius 2 is 2.18 bits per heavy atom. The number of amides is 1. The Morgan fingerprint density at radius 1 is 1.41 bits per heavy atom. The third-order valence-electron chi connectivity index (χ3n) is 3.31. The summed E-state index contributed by atoms with van der Waals surface area (Å²) >= 11 is 0. The van der Waals surface area contributed by atoms with Crippen LogP contribution < -0.4 is 5.32 Å². The second-order valence-electron chi connectivity index (χ2n) is 5.02. The number of benzene rings is 1. The highest BCUT2D eigenvalue weighted by atomic mass is 32.2. The maximum absolute atomic E-state index is 12.1. The molecule has 2 aromatic rings. The average Bonchev–Trinajstić information content (AvgIpc) is 3.01. The van der Waals surface area contributed by atoms with Crippen LogP contribution in [0, 0.1) is 0 Å². The Bertz CT molecular complexity index is 739. The van der Waals surface area contributed by atoms with Crippen molar-refractivity contribution in [2.75, 3.05) is 11.1 Å². The zero-order chi connectivity index (χ0) is 16.2. The summed E-state index contributed by atoms with van der Waals surface area (Å²) in [6.07, 6.45) is 5.59. The molecule has 0 aliphatic heterocycles. The minimum Gasteiger partial charge on any atom is -0.325 e. The maximum Gasteiger partial charge on any atom is 0.242 e. The molecule has 0 fully saturated rings. The van der Waals surface area contributed by atoms with Gasteiger partial charge in [-0.2, -0.15) is 0 Å². The molecule has 1 aromatic carbocycles. The van der Waals surface area contributed by atoms with Crippen molar-refractivity contribution < 1.29 is 13.2 Å². The third-order valence-corrected chi connectivity index (χ3v) is 5.58. The normalized spacial score (nSPS) is 12.8. The van der Waals surface area contributed by atoms with E-state index in [4.69, 9.17) is 0 Å². The molecule has 1 N–H and O–H groups in total. The molecule has 22 heavy (non-hydrogen) atoms. The molecule has 0 radical (unpaired) electrons. The first kappa shape index (κ1) is 16.2. The molecule has 7 heteroatoms. The van der Waals surface area contributed by atoms with E-state index in [1.165, 1.54) is 6.92 Å². The van der Waals surface area contributed by atoms with Crippen LogP contribution in [0.25, 0.3) is 5.69 Å². The lowest BCUT2D eigenvalue weighted by molar-refractivity contribution is -0.115. The molecule has 1 aromatic heterocycles. The molecule has 1 heterocycles. The third kappa shape index (κ3) is 3.73. The Labute approximate surface area is 130 Å². The van der Waals surface area contributed by atoms with E-state index in [1.807, 2.05) is 6.07 Å². The van der Waals surface area contributed by atoms with E-state index in [0.29, 0.717) is 12.1 Å². The smallest absolute Gasteiger partial charge is 0.242 e. The summed E-state index contributed by atoms with van der Waals surface area (Å²) in [6.45, 7) is 3.19. The van der Waals surface area contributed by atoms with Crippen LogP contribution in [-0.2, 0) is 14.6 Å². The number of hydrogen-bond acceptors (Lipinski definition) is 4. The largest absolute Gasteiger partial charge is 0.325 e. The summed E-state index contributed by atoms with van der Waals surface area (Å²) < 4.78 is 25.7. The molecule has 6 nitrogen and oxygen atoms in total. The van der Waals surface area contributed by atoms with Gasteiger partial charge >= 0.3 is 0 Å². The summed E-state index contributed by atoms with van der Waals surface area (Å²) in [5.41, 5.74) is 1.38. The lowest BCUT2D eigenvalue weighted by atomic mass is 10.2. The molecule has 0 aliphatic carbocycles. The molecular weight excluding hydrogens is 302 g/mol. The van der Waals surface area contributed by atoms with Gasteiger partial charge in [0.15, 0.2) is 9.84 Å². The second kappa shape index (κ2) is 6.74. The first-order chi connectivity index (χ1) is 10.4. The Balaban J connectivity index is 2.14. The van der Waals surface area contributed by atoms with Crippen molar-refractivity contribution in [2.24, 2.45) is 0 Å². The van der Waals surface area contributed by atoms with E-state index in [0.717, 1.165) is 5.69 Å². The lowest BCUT2D eigenvalue weighted by Crippen LogP contribution is -2.34. The van der Waals surface area contributed by atoms with Gasteiger partial charge in [0.1, 0.15) is 5.25 Å².